The average molecular weight is 396 g/mol. The predicted octanol–water partition coefficient (Wildman–Crippen LogP) is 5.90. The SMILES string of the molecule is CCC(Oc1ccc2ccccc2c1)C(=O)NC(c1ccccc1)c1ccccc1. The van der Waals surface area contributed by atoms with Gasteiger partial charge < -0.3 is 10.1 Å². The van der Waals surface area contributed by atoms with Crippen LogP contribution in [0.1, 0.15) is 30.5 Å². The maximum atomic E-state index is 13.2. The number of benzene rings is 4. The first-order chi connectivity index (χ1) is 14.7. The van der Waals surface area contributed by atoms with Gasteiger partial charge in [0.25, 0.3) is 5.91 Å². The molecule has 0 aromatic heterocycles. The molecule has 3 nitrogen and oxygen atoms in total. The number of amides is 1. The van der Waals surface area contributed by atoms with E-state index in [9.17, 15) is 4.79 Å². The standard InChI is InChI=1S/C27H25NO2/c1-2-25(30-24-18-17-20-11-9-10-16-23(20)19-24)27(29)28-26(21-12-5-3-6-13-21)22-14-7-4-8-15-22/h3-19,25-26H,2H2,1H3,(H,28,29). The van der Waals surface area contributed by atoms with Crippen LogP contribution in [0.3, 0.4) is 0 Å². The van der Waals surface area contributed by atoms with E-state index < -0.39 is 6.10 Å². The Hall–Kier alpha value is -3.59. The van der Waals surface area contributed by atoms with E-state index in [1.165, 1.54) is 0 Å². The Bertz CT molecular complexity index is 1070. The van der Waals surface area contributed by atoms with E-state index in [0.717, 1.165) is 21.9 Å². The Balaban J connectivity index is 1.55. The molecule has 1 atom stereocenters. The number of hydrogen-bond donors (Lipinski definition) is 1. The topological polar surface area (TPSA) is 38.3 Å². The molecule has 30 heavy (non-hydrogen) atoms. The summed E-state index contributed by atoms with van der Waals surface area (Å²) >= 11 is 0. The Morgan fingerprint density at radius 2 is 1.33 bits per heavy atom. The predicted molar refractivity (Wildman–Crippen MR) is 122 cm³/mol. The quantitative estimate of drug-likeness (QED) is 0.423. The maximum absolute atomic E-state index is 13.2. The van der Waals surface area contributed by atoms with Gasteiger partial charge in [0.2, 0.25) is 0 Å². The van der Waals surface area contributed by atoms with Crippen LogP contribution in [-0.4, -0.2) is 12.0 Å². The molecule has 0 bridgehead atoms. The lowest BCUT2D eigenvalue weighted by Crippen LogP contribution is -2.40. The molecule has 4 aromatic carbocycles. The molecule has 0 aliphatic carbocycles. The third kappa shape index (κ3) is 4.52. The largest absolute Gasteiger partial charge is 0.481 e. The summed E-state index contributed by atoms with van der Waals surface area (Å²) in [5.74, 6) is 0.579. The molecule has 0 aliphatic rings. The Kier molecular flexibility index (Phi) is 6.09. The fourth-order valence-electron chi connectivity index (χ4n) is 3.61. The Labute approximate surface area is 177 Å². The molecule has 0 heterocycles. The summed E-state index contributed by atoms with van der Waals surface area (Å²) in [6.07, 6.45) is 0.00989. The zero-order chi connectivity index (χ0) is 20.8. The zero-order valence-corrected chi connectivity index (χ0v) is 17.0. The Morgan fingerprint density at radius 3 is 1.93 bits per heavy atom. The molecule has 1 unspecified atom stereocenters. The lowest BCUT2D eigenvalue weighted by molar-refractivity contribution is -0.128. The minimum absolute atomic E-state index is 0.122. The van der Waals surface area contributed by atoms with Crippen molar-refractivity contribution in [3.8, 4) is 5.75 Å². The first-order valence-corrected chi connectivity index (χ1v) is 10.3. The summed E-state index contributed by atoms with van der Waals surface area (Å²) in [5, 5.41) is 5.44. The summed E-state index contributed by atoms with van der Waals surface area (Å²) in [6.45, 7) is 1.96. The van der Waals surface area contributed by atoms with E-state index in [1.807, 2.05) is 104 Å². The second kappa shape index (κ2) is 9.27. The molecular weight excluding hydrogens is 370 g/mol. The van der Waals surface area contributed by atoms with E-state index in [-0.39, 0.29) is 11.9 Å². The molecule has 0 saturated carbocycles. The third-order valence-corrected chi connectivity index (χ3v) is 5.21. The zero-order valence-electron chi connectivity index (χ0n) is 17.0. The first-order valence-electron chi connectivity index (χ1n) is 10.3. The van der Waals surface area contributed by atoms with Gasteiger partial charge in [0.05, 0.1) is 6.04 Å². The summed E-state index contributed by atoms with van der Waals surface area (Å²) in [6, 6.07) is 33.8. The monoisotopic (exact) mass is 395 g/mol. The van der Waals surface area contributed by atoms with Crippen LogP contribution in [0.4, 0.5) is 0 Å². The summed E-state index contributed by atoms with van der Waals surface area (Å²) in [7, 11) is 0. The molecule has 3 heteroatoms. The van der Waals surface area contributed by atoms with Crippen molar-refractivity contribution in [3.05, 3.63) is 114 Å². The van der Waals surface area contributed by atoms with Gasteiger partial charge in [-0.05, 0) is 40.5 Å². The number of ether oxygens (including phenoxy) is 1. The van der Waals surface area contributed by atoms with Crippen molar-refractivity contribution in [2.24, 2.45) is 0 Å². The van der Waals surface area contributed by atoms with Crippen LogP contribution in [0.2, 0.25) is 0 Å². The van der Waals surface area contributed by atoms with E-state index in [2.05, 4.69) is 11.4 Å². The van der Waals surface area contributed by atoms with E-state index in [1.54, 1.807) is 0 Å². The van der Waals surface area contributed by atoms with E-state index in [0.29, 0.717) is 12.2 Å². The van der Waals surface area contributed by atoms with Crippen LogP contribution in [0, 0.1) is 0 Å². The fraction of sp³-hybridized carbons (Fsp3) is 0.148. The normalized spacial score (nSPS) is 11.9. The maximum Gasteiger partial charge on any atom is 0.261 e. The minimum atomic E-state index is -0.568. The van der Waals surface area contributed by atoms with Crippen molar-refractivity contribution < 1.29 is 9.53 Å². The second-order valence-electron chi connectivity index (χ2n) is 7.29. The minimum Gasteiger partial charge on any atom is -0.481 e. The van der Waals surface area contributed by atoms with Gasteiger partial charge in [-0.25, -0.2) is 0 Å². The highest BCUT2D eigenvalue weighted by Crippen LogP contribution is 2.24. The number of fused-ring (bicyclic) bond motifs is 1. The van der Waals surface area contributed by atoms with E-state index in [4.69, 9.17) is 4.74 Å². The molecule has 0 saturated heterocycles. The van der Waals surface area contributed by atoms with Crippen molar-refractivity contribution >= 4 is 16.7 Å². The van der Waals surface area contributed by atoms with Gasteiger partial charge in [0.15, 0.2) is 6.10 Å². The van der Waals surface area contributed by atoms with Crippen LogP contribution in [0.5, 0.6) is 5.75 Å². The van der Waals surface area contributed by atoms with Crippen molar-refractivity contribution in [1.82, 2.24) is 5.32 Å². The highest BCUT2D eigenvalue weighted by molar-refractivity contribution is 5.84. The number of nitrogens with one attached hydrogen (secondary N) is 1. The molecular formula is C27H25NO2. The third-order valence-electron chi connectivity index (χ3n) is 5.21. The molecule has 4 aromatic rings. The van der Waals surface area contributed by atoms with Crippen molar-refractivity contribution in [1.29, 1.82) is 0 Å². The van der Waals surface area contributed by atoms with Gasteiger partial charge in [0, 0.05) is 0 Å². The molecule has 0 spiro atoms. The number of carbonyl (C=O) groups excluding carboxylic acids is 1. The van der Waals surface area contributed by atoms with Gasteiger partial charge in [-0.1, -0.05) is 97.9 Å². The van der Waals surface area contributed by atoms with Gasteiger partial charge in [-0.2, -0.15) is 0 Å². The highest BCUT2D eigenvalue weighted by Gasteiger charge is 2.23. The van der Waals surface area contributed by atoms with Gasteiger partial charge in [0.1, 0.15) is 5.75 Å². The fourth-order valence-corrected chi connectivity index (χ4v) is 3.61. The number of rotatable bonds is 7. The molecule has 1 N–H and O–H groups in total. The first kappa shape index (κ1) is 19.7. The van der Waals surface area contributed by atoms with Crippen LogP contribution in [0.25, 0.3) is 10.8 Å². The highest BCUT2D eigenvalue weighted by atomic mass is 16.5. The molecule has 0 fully saturated rings. The smallest absolute Gasteiger partial charge is 0.261 e. The van der Waals surface area contributed by atoms with Crippen LogP contribution in [-0.2, 0) is 4.79 Å². The molecule has 0 radical (unpaired) electrons. The molecule has 0 aliphatic heterocycles. The van der Waals surface area contributed by atoms with Crippen LogP contribution >= 0.6 is 0 Å². The van der Waals surface area contributed by atoms with Crippen LogP contribution in [0.15, 0.2) is 103 Å². The van der Waals surface area contributed by atoms with Crippen molar-refractivity contribution in [3.63, 3.8) is 0 Å². The average Bonchev–Trinajstić information content (AvgIpc) is 2.82. The summed E-state index contributed by atoms with van der Waals surface area (Å²) in [4.78, 5) is 13.2. The number of hydrogen-bond acceptors (Lipinski definition) is 2. The molecule has 150 valence electrons. The molecule has 4 rings (SSSR count). The van der Waals surface area contributed by atoms with Gasteiger partial charge in [-0.3, -0.25) is 4.79 Å². The summed E-state index contributed by atoms with van der Waals surface area (Å²) in [5.41, 5.74) is 2.08. The van der Waals surface area contributed by atoms with Gasteiger partial charge >= 0.3 is 0 Å². The van der Waals surface area contributed by atoms with E-state index >= 15 is 0 Å². The summed E-state index contributed by atoms with van der Waals surface area (Å²) < 4.78 is 6.09. The Morgan fingerprint density at radius 1 is 0.767 bits per heavy atom. The van der Waals surface area contributed by atoms with Crippen LogP contribution < -0.4 is 10.1 Å². The number of carbonyl (C=O) groups is 1. The van der Waals surface area contributed by atoms with Crippen molar-refractivity contribution in [2.45, 2.75) is 25.5 Å². The lowest BCUT2D eigenvalue weighted by Gasteiger charge is -2.24. The van der Waals surface area contributed by atoms with Crippen molar-refractivity contribution in [2.75, 3.05) is 0 Å². The lowest BCUT2D eigenvalue weighted by atomic mass is 9.98. The second-order valence-corrected chi connectivity index (χ2v) is 7.29. The molecule has 1 amide bonds. The van der Waals surface area contributed by atoms with Gasteiger partial charge in [-0.15, -0.1) is 0 Å².